The number of amidine groups is 1. The molecule has 0 aromatic heterocycles. The number of thioether (sulfide) groups is 1. The van der Waals surface area contributed by atoms with Gasteiger partial charge in [0.15, 0.2) is 0 Å². The SMILES string of the molecule is CCNC(=O)[C@@H]1CC(SC2=C(C(=O)O)N3C(=O)[C@H]([C@@H](C)O)[C@H]3[C@H]2C)C(N)=N1. The van der Waals surface area contributed by atoms with E-state index in [9.17, 15) is 24.6 Å². The highest BCUT2D eigenvalue weighted by Gasteiger charge is 2.60. The molecule has 1 saturated heterocycles. The highest BCUT2D eigenvalue weighted by molar-refractivity contribution is 8.04. The summed E-state index contributed by atoms with van der Waals surface area (Å²) in [5.41, 5.74) is 5.95. The summed E-state index contributed by atoms with van der Waals surface area (Å²) >= 11 is 1.26. The smallest absolute Gasteiger partial charge is 0.353 e. The lowest BCUT2D eigenvalue weighted by Gasteiger charge is -2.46. The number of rotatable bonds is 6. The number of carbonyl (C=O) groups excluding carboxylic acids is 2. The van der Waals surface area contributed by atoms with Gasteiger partial charge >= 0.3 is 5.97 Å². The normalized spacial score (nSPS) is 33.5. The molecule has 0 spiro atoms. The van der Waals surface area contributed by atoms with Gasteiger partial charge in [0.05, 0.1) is 23.3 Å². The molecule has 0 bridgehead atoms. The summed E-state index contributed by atoms with van der Waals surface area (Å²) < 4.78 is 0. The predicted octanol–water partition coefficient (Wildman–Crippen LogP) is -0.492. The molecule has 10 heteroatoms. The van der Waals surface area contributed by atoms with E-state index in [1.807, 2.05) is 13.8 Å². The van der Waals surface area contributed by atoms with Gasteiger partial charge in [0.1, 0.15) is 17.6 Å². The van der Waals surface area contributed by atoms with Crippen LogP contribution >= 0.6 is 11.8 Å². The molecule has 0 saturated carbocycles. The molecule has 0 aromatic rings. The summed E-state index contributed by atoms with van der Waals surface area (Å²) in [6.07, 6.45) is -0.468. The average Bonchev–Trinajstić information content (AvgIpc) is 3.05. The Labute approximate surface area is 161 Å². The number of nitrogens with one attached hydrogen (secondary N) is 1. The number of fused-ring (bicyclic) bond motifs is 1. The van der Waals surface area contributed by atoms with Crippen LogP contribution in [0.2, 0.25) is 0 Å². The zero-order chi connectivity index (χ0) is 20.0. The van der Waals surface area contributed by atoms with Crippen molar-refractivity contribution < 1.29 is 24.6 Å². The molecule has 5 N–H and O–H groups in total. The molecule has 2 amide bonds. The van der Waals surface area contributed by atoms with Gasteiger partial charge in [0.2, 0.25) is 11.8 Å². The van der Waals surface area contributed by atoms with Gasteiger partial charge in [-0.2, -0.15) is 0 Å². The number of aliphatic carboxylic acids is 1. The fourth-order valence-electron chi connectivity index (χ4n) is 4.04. The number of likely N-dealkylation sites (N-methyl/N-ethyl adjacent to an activating group) is 1. The number of hydrogen-bond donors (Lipinski definition) is 4. The van der Waals surface area contributed by atoms with E-state index < -0.39 is 24.0 Å². The van der Waals surface area contributed by atoms with Gasteiger partial charge in [-0.3, -0.25) is 14.6 Å². The third kappa shape index (κ3) is 3.10. The van der Waals surface area contributed by atoms with E-state index in [1.165, 1.54) is 23.6 Å². The molecule has 0 radical (unpaired) electrons. The van der Waals surface area contributed by atoms with Gasteiger partial charge in [-0.15, -0.1) is 11.8 Å². The van der Waals surface area contributed by atoms with Crippen LogP contribution in [0.4, 0.5) is 0 Å². The second-order valence-electron chi connectivity index (χ2n) is 7.08. The maximum Gasteiger partial charge on any atom is 0.353 e. The summed E-state index contributed by atoms with van der Waals surface area (Å²) in [7, 11) is 0. The molecule has 1 unspecified atom stereocenters. The van der Waals surface area contributed by atoms with Gasteiger partial charge in [-0.05, 0) is 20.3 Å². The Bertz CT molecular complexity index is 750. The lowest BCUT2D eigenvalue weighted by atomic mass is 9.79. The van der Waals surface area contributed by atoms with E-state index in [4.69, 9.17) is 5.73 Å². The Morgan fingerprint density at radius 1 is 1.48 bits per heavy atom. The molecular formula is C17H24N4O5S. The number of aliphatic hydroxyl groups is 1. The van der Waals surface area contributed by atoms with E-state index in [0.29, 0.717) is 23.7 Å². The van der Waals surface area contributed by atoms with Crippen LogP contribution in [0.25, 0.3) is 0 Å². The maximum absolute atomic E-state index is 12.4. The Morgan fingerprint density at radius 3 is 2.70 bits per heavy atom. The Balaban J connectivity index is 1.82. The van der Waals surface area contributed by atoms with Crippen LogP contribution in [0.3, 0.4) is 0 Å². The molecule has 148 valence electrons. The third-order valence-corrected chi connectivity index (χ3v) is 6.84. The number of amides is 2. The minimum Gasteiger partial charge on any atom is -0.477 e. The first-order valence-corrected chi connectivity index (χ1v) is 9.83. The maximum atomic E-state index is 12.4. The number of β-lactam (4-membered cyclic amide) rings is 1. The molecule has 0 aliphatic carbocycles. The van der Waals surface area contributed by atoms with E-state index >= 15 is 0 Å². The summed E-state index contributed by atoms with van der Waals surface area (Å²) in [5, 5.41) is 21.9. The molecule has 27 heavy (non-hydrogen) atoms. The minimum absolute atomic E-state index is 0.0475. The van der Waals surface area contributed by atoms with Crippen LogP contribution in [0.5, 0.6) is 0 Å². The topological polar surface area (TPSA) is 145 Å². The van der Waals surface area contributed by atoms with Gasteiger partial charge in [-0.1, -0.05) is 6.92 Å². The van der Waals surface area contributed by atoms with Gasteiger partial charge in [0.25, 0.3) is 0 Å². The number of aliphatic imine (C=N–C) groups is 1. The van der Waals surface area contributed by atoms with Crippen molar-refractivity contribution in [3.8, 4) is 0 Å². The summed E-state index contributed by atoms with van der Waals surface area (Å²) in [4.78, 5) is 42.2. The standard InChI is InChI=1S/C17H24N4O5S/c1-4-19-15(23)8-5-9(14(18)20-8)27-13-6(2)11-10(7(3)22)16(24)21(11)12(13)17(25)26/h6-11,22H,4-5H2,1-3H3,(H2,18,20)(H,19,23)(H,25,26)/t6-,7-,8+,9?,10-,11-/m1/s1. The summed E-state index contributed by atoms with van der Waals surface area (Å²) in [6.45, 7) is 5.70. The van der Waals surface area contributed by atoms with Crippen molar-refractivity contribution in [2.24, 2.45) is 22.6 Å². The van der Waals surface area contributed by atoms with Gasteiger partial charge < -0.3 is 26.2 Å². The molecule has 3 aliphatic heterocycles. The molecule has 6 atom stereocenters. The van der Waals surface area contributed by atoms with Crippen molar-refractivity contribution in [1.29, 1.82) is 0 Å². The number of carbonyl (C=O) groups is 3. The van der Waals surface area contributed by atoms with Crippen LogP contribution in [-0.4, -0.2) is 68.7 Å². The zero-order valence-corrected chi connectivity index (χ0v) is 16.2. The highest BCUT2D eigenvalue weighted by atomic mass is 32.2. The number of carboxylic acid groups (broad SMARTS) is 1. The van der Waals surface area contributed by atoms with E-state index in [0.717, 1.165) is 0 Å². The first-order chi connectivity index (χ1) is 12.7. The van der Waals surface area contributed by atoms with Crippen LogP contribution in [0.15, 0.2) is 15.6 Å². The van der Waals surface area contributed by atoms with Crippen LogP contribution < -0.4 is 11.1 Å². The van der Waals surface area contributed by atoms with Gasteiger partial charge in [-0.25, -0.2) is 4.79 Å². The molecule has 3 rings (SSSR count). The first-order valence-electron chi connectivity index (χ1n) is 8.95. The van der Waals surface area contributed by atoms with Crippen molar-refractivity contribution in [1.82, 2.24) is 10.2 Å². The number of aliphatic hydroxyl groups excluding tert-OH is 1. The van der Waals surface area contributed by atoms with Crippen molar-refractivity contribution in [3.05, 3.63) is 10.6 Å². The number of nitrogens with zero attached hydrogens (tertiary/aromatic N) is 2. The van der Waals surface area contributed by atoms with Crippen molar-refractivity contribution in [2.75, 3.05) is 6.54 Å². The number of hydrogen-bond acceptors (Lipinski definition) is 7. The lowest BCUT2D eigenvalue weighted by molar-refractivity contribution is -0.163. The van der Waals surface area contributed by atoms with Crippen LogP contribution in [-0.2, 0) is 14.4 Å². The third-order valence-electron chi connectivity index (χ3n) is 5.31. The monoisotopic (exact) mass is 396 g/mol. The summed E-state index contributed by atoms with van der Waals surface area (Å²) in [6, 6.07) is -0.957. The fourth-order valence-corrected chi connectivity index (χ4v) is 5.46. The molecule has 3 aliphatic rings. The van der Waals surface area contributed by atoms with Crippen molar-refractivity contribution in [3.63, 3.8) is 0 Å². The Hall–Kier alpha value is -2.07. The van der Waals surface area contributed by atoms with Crippen LogP contribution in [0, 0.1) is 11.8 Å². The van der Waals surface area contributed by atoms with E-state index in [1.54, 1.807) is 0 Å². The largest absolute Gasteiger partial charge is 0.477 e. The Morgan fingerprint density at radius 2 is 2.15 bits per heavy atom. The van der Waals surface area contributed by atoms with Crippen molar-refractivity contribution >= 4 is 35.4 Å². The molecule has 3 heterocycles. The zero-order valence-electron chi connectivity index (χ0n) is 15.4. The molecule has 0 aromatic carbocycles. The second kappa shape index (κ2) is 7.16. The Kier molecular flexibility index (Phi) is 5.22. The first kappa shape index (κ1) is 19.7. The minimum atomic E-state index is -1.18. The molecule has 9 nitrogen and oxygen atoms in total. The predicted molar refractivity (Wildman–Crippen MR) is 99.7 cm³/mol. The fraction of sp³-hybridized carbons (Fsp3) is 0.647. The average molecular weight is 396 g/mol. The number of carboxylic acids is 1. The quantitative estimate of drug-likeness (QED) is 0.443. The molecule has 1 fully saturated rings. The highest BCUT2D eigenvalue weighted by Crippen LogP contribution is 2.51. The van der Waals surface area contributed by atoms with Crippen molar-refractivity contribution in [2.45, 2.75) is 50.6 Å². The van der Waals surface area contributed by atoms with E-state index in [-0.39, 0.29) is 34.7 Å². The number of nitrogens with two attached hydrogens (primary N) is 1. The second-order valence-corrected chi connectivity index (χ2v) is 8.32. The lowest BCUT2D eigenvalue weighted by Crippen LogP contribution is -2.63. The van der Waals surface area contributed by atoms with E-state index in [2.05, 4.69) is 10.3 Å². The summed E-state index contributed by atoms with van der Waals surface area (Å²) in [5.74, 6) is -2.31. The molecular weight excluding hydrogens is 372 g/mol. The van der Waals surface area contributed by atoms with Crippen LogP contribution in [0.1, 0.15) is 27.2 Å². The van der Waals surface area contributed by atoms with Gasteiger partial charge in [0, 0.05) is 17.4 Å².